The first-order valence-electron chi connectivity index (χ1n) is 11.6. The second kappa shape index (κ2) is 11.3. The summed E-state index contributed by atoms with van der Waals surface area (Å²) < 4.78 is 11.1. The van der Waals surface area contributed by atoms with Crippen molar-refractivity contribution in [2.45, 2.75) is 39.5 Å². The molecule has 1 atom stereocenters. The molecule has 0 aliphatic heterocycles. The highest BCUT2D eigenvalue weighted by Crippen LogP contribution is 2.41. The number of hydrogen-bond acceptors (Lipinski definition) is 6. The van der Waals surface area contributed by atoms with E-state index in [9.17, 15) is 14.9 Å². The minimum absolute atomic E-state index is 0.166. The van der Waals surface area contributed by atoms with Gasteiger partial charge in [0.05, 0.1) is 22.2 Å². The van der Waals surface area contributed by atoms with Gasteiger partial charge in [-0.3, -0.25) is 4.79 Å². The number of thiophene rings is 1. The predicted molar refractivity (Wildman–Crippen MR) is 142 cm³/mol. The lowest BCUT2D eigenvalue weighted by atomic mass is 9.85. The van der Waals surface area contributed by atoms with Crippen LogP contribution in [-0.4, -0.2) is 18.5 Å². The molecule has 0 radical (unpaired) electrons. The van der Waals surface area contributed by atoms with Crippen molar-refractivity contribution < 1.29 is 18.7 Å². The molecular formula is C27H24Cl2N2O4S. The lowest BCUT2D eigenvalue weighted by Crippen LogP contribution is -2.17. The second-order valence-electron chi connectivity index (χ2n) is 8.37. The van der Waals surface area contributed by atoms with Gasteiger partial charge in [0.1, 0.15) is 28.2 Å². The Kier molecular flexibility index (Phi) is 8.20. The van der Waals surface area contributed by atoms with Crippen LogP contribution in [0.5, 0.6) is 0 Å². The summed E-state index contributed by atoms with van der Waals surface area (Å²) in [4.78, 5) is 26.9. The predicted octanol–water partition coefficient (Wildman–Crippen LogP) is 7.55. The molecule has 1 aliphatic rings. The Morgan fingerprint density at radius 2 is 2.08 bits per heavy atom. The number of rotatable bonds is 7. The third-order valence-electron chi connectivity index (χ3n) is 6.15. The lowest BCUT2D eigenvalue weighted by molar-refractivity contribution is -0.112. The number of nitriles is 1. The quantitative estimate of drug-likeness (QED) is 0.189. The van der Waals surface area contributed by atoms with Crippen LogP contribution < -0.4 is 5.32 Å². The maximum atomic E-state index is 13.1. The van der Waals surface area contributed by atoms with Crippen molar-refractivity contribution in [1.82, 2.24) is 0 Å². The van der Waals surface area contributed by atoms with Crippen molar-refractivity contribution in [2.24, 2.45) is 5.92 Å². The molecule has 0 saturated carbocycles. The van der Waals surface area contributed by atoms with E-state index >= 15 is 0 Å². The van der Waals surface area contributed by atoms with Crippen LogP contribution in [-0.2, 0) is 22.4 Å². The molecule has 0 spiro atoms. The third kappa shape index (κ3) is 5.36. The average molecular weight is 543 g/mol. The van der Waals surface area contributed by atoms with E-state index in [4.69, 9.17) is 32.4 Å². The van der Waals surface area contributed by atoms with E-state index in [0.717, 1.165) is 36.1 Å². The molecule has 36 heavy (non-hydrogen) atoms. The molecule has 2 aromatic heterocycles. The van der Waals surface area contributed by atoms with E-state index in [1.807, 2.05) is 6.07 Å². The Balaban J connectivity index is 1.61. The highest BCUT2D eigenvalue weighted by Gasteiger charge is 2.30. The number of furan rings is 1. The van der Waals surface area contributed by atoms with E-state index in [-0.39, 0.29) is 12.2 Å². The Labute approximate surface area is 223 Å². The summed E-state index contributed by atoms with van der Waals surface area (Å²) in [7, 11) is 0. The van der Waals surface area contributed by atoms with Gasteiger partial charge in [0, 0.05) is 16.5 Å². The summed E-state index contributed by atoms with van der Waals surface area (Å²) in [6.45, 7) is 4.13. The van der Waals surface area contributed by atoms with Crippen LogP contribution in [0.2, 0.25) is 10.0 Å². The van der Waals surface area contributed by atoms with Crippen LogP contribution in [0, 0.1) is 17.2 Å². The standard InChI is InChI=1S/C27H24Cl2N2O4S/c1-3-15-8-10-19-22(12-15)36-26(23(19)27(33)34-4-2)31-25(32)16(14-30)13-17-9-11-21(35-17)18-6-5-7-20(28)24(18)29/h5-7,9,11,13,15H,3-4,8,10,12H2,1-2H3,(H,31,32)/b16-13+. The Morgan fingerprint density at radius 3 is 2.81 bits per heavy atom. The highest BCUT2D eigenvalue weighted by molar-refractivity contribution is 7.17. The Morgan fingerprint density at radius 1 is 1.28 bits per heavy atom. The number of fused-ring (bicyclic) bond motifs is 1. The molecule has 9 heteroatoms. The molecule has 4 rings (SSSR count). The zero-order valence-electron chi connectivity index (χ0n) is 19.8. The van der Waals surface area contributed by atoms with Crippen molar-refractivity contribution in [3.05, 3.63) is 67.7 Å². The number of esters is 1. The molecule has 0 fully saturated rings. The monoisotopic (exact) mass is 542 g/mol. The molecular weight excluding hydrogens is 519 g/mol. The maximum Gasteiger partial charge on any atom is 0.341 e. The first-order valence-corrected chi connectivity index (χ1v) is 13.2. The highest BCUT2D eigenvalue weighted by atomic mass is 35.5. The molecule has 0 saturated heterocycles. The number of halogens is 2. The number of benzene rings is 1. The van der Waals surface area contributed by atoms with Gasteiger partial charge in [0.15, 0.2) is 0 Å². The normalized spacial score (nSPS) is 15.2. The fourth-order valence-electron chi connectivity index (χ4n) is 4.24. The Bertz CT molecular complexity index is 1380. The molecule has 0 bridgehead atoms. The van der Waals surface area contributed by atoms with Gasteiger partial charge in [-0.1, -0.05) is 42.6 Å². The smallest absolute Gasteiger partial charge is 0.341 e. The number of carbonyl (C=O) groups excluding carboxylic acids is 2. The first kappa shape index (κ1) is 26.0. The number of amides is 1. The molecule has 1 aromatic carbocycles. The number of nitrogens with zero attached hydrogens (tertiary/aromatic N) is 1. The van der Waals surface area contributed by atoms with Gasteiger partial charge in [-0.05, 0) is 61.9 Å². The minimum Gasteiger partial charge on any atom is -0.462 e. The van der Waals surface area contributed by atoms with E-state index < -0.39 is 11.9 Å². The van der Waals surface area contributed by atoms with Crippen molar-refractivity contribution in [1.29, 1.82) is 5.26 Å². The molecule has 6 nitrogen and oxygen atoms in total. The number of carbonyl (C=O) groups is 2. The van der Waals surface area contributed by atoms with Gasteiger partial charge in [-0.15, -0.1) is 11.3 Å². The number of ether oxygens (including phenoxy) is 1. The fraction of sp³-hybridized carbons (Fsp3) is 0.296. The molecule has 186 valence electrons. The van der Waals surface area contributed by atoms with Crippen LogP contribution in [0.3, 0.4) is 0 Å². The lowest BCUT2D eigenvalue weighted by Gasteiger charge is -2.20. The molecule has 1 aliphatic carbocycles. The molecule has 3 aromatic rings. The zero-order chi connectivity index (χ0) is 25.8. The van der Waals surface area contributed by atoms with Crippen LogP contribution in [0.1, 0.15) is 53.2 Å². The summed E-state index contributed by atoms with van der Waals surface area (Å²) in [5, 5.41) is 13.6. The van der Waals surface area contributed by atoms with Gasteiger partial charge >= 0.3 is 5.97 Å². The van der Waals surface area contributed by atoms with E-state index in [1.54, 1.807) is 37.3 Å². The SMILES string of the molecule is CCOC(=O)c1c(NC(=O)/C(C#N)=C/c2ccc(-c3cccc(Cl)c3Cl)o2)sc2c1CCC(CC)C2. The van der Waals surface area contributed by atoms with Gasteiger partial charge in [0.25, 0.3) is 5.91 Å². The van der Waals surface area contributed by atoms with Crippen molar-refractivity contribution in [2.75, 3.05) is 11.9 Å². The summed E-state index contributed by atoms with van der Waals surface area (Å²) in [6, 6.07) is 10.4. The Hall–Kier alpha value is -3.05. The van der Waals surface area contributed by atoms with Crippen molar-refractivity contribution in [3.63, 3.8) is 0 Å². The molecule has 1 unspecified atom stereocenters. The largest absolute Gasteiger partial charge is 0.462 e. The number of nitrogens with one attached hydrogen (secondary N) is 1. The first-order chi connectivity index (χ1) is 17.4. The van der Waals surface area contributed by atoms with Gasteiger partial charge in [0.2, 0.25) is 0 Å². The van der Waals surface area contributed by atoms with Crippen LogP contribution in [0.15, 0.2) is 40.3 Å². The van der Waals surface area contributed by atoms with Crippen LogP contribution in [0.25, 0.3) is 17.4 Å². The molecule has 1 amide bonds. The third-order valence-corrected chi connectivity index (χ3v) is 8.14. The maximum absolute atomic E-state index is 13.1. The second-order valence-corrected chi connectivity index (χ2v) is 10.3. The average Bonchev–Trinajstić information content (AvgIpc) is 3.47. The zero-order valence-corrected chi connectivity index (χ0v) is 22.1. The van der Waals surface area contributed by atoms with E-state index in [2.05, 4.69) is 12.2 Å². The van der Waals surface area contributed by atoms with Crippen LogP contribution >= 0.6 is 34.5 Å². The number of hydrogen-bond donors (Lipinski definition) is 1. The minimum atomic E-state index is -0.632. The summed E-state index contributed by atoms with van der Waals surface area (Å²) in [5.41, 5.74) is 1.77. The van der Waals surface area contributed by atoms with E-state index in [0.29, 0.717) is 43.6 Å². The van der Waals surface area contributed by atoms with Gasteiger partial charge in [-0.25, -0.2) is 4.79 Å². The topological polar surface area (TPSA) is 92.3 Å². The fourth-order valence-corrected chi connectivity index (χ4v) is 5.98. The summed E-state index contributed by atoms with van der Waals surface area (Å²) >= 11 is 13.7. The number of anilines is 1. The summed E-state index contributed by atoms with van der Waals surface area (Å²) in [5.74, 6) is 0.205. The van der Waals surface area contributed by atoms with Gasteiger partial charge in [-0.2, -0.15) is 5.26 Å². The molecule has 1 N–H and O–H groups in total. The van der Waals surface area contributed by atoms with Gasteiger partial charge < -0.3 is 14.5 Å². The van der Waals surface area contributed by atoms with Crippen molar-refractivity contribution in [3.8, 4) is 17.4 Å². The van der Waals surface area contributed by atoms with E-state index in [1.165, 1.54) is 17.4 Å². The molecule has 2 heterocycles. The van der Waals surface area contributed by atoms with Crippen molar-refractivity contribution >= 4 is 57.5 Å². The summed E-state index contributed by atoms with van der Waals surface area (Å²) in [6.07, 6.45) is 5.01. The van der Waals surface area contributed by atoms with Crippen LogP contribution in [0.4, 0.5) is 5.00 Å².